The van der Waals surface area contributed by atoms with Gasteiger partial charge in [-0.15, -0.1) is 0 Å². The van der Waals surface area contributed by atoms with Crippen LogP contribution in [-0.4, -0.2) is 61.2 Å². The maximum absolute atomic E-state index is 12.5. The molecule has 10 nitrogen and oxygen atoms in total. The maximum Gasteiger partial charge on any atom is 0.256 e. The summed E-state index contributed by atoms with van der Waals surface area (Å²) in [5.74, 6) is -0.785. The summed E-state index contributed by atoms with van der Waals surface area (Å²) < 4.78 is 19.6. The van der Waals surface area contributed by atoms with Crippen LogP contribution in [-0.2, 0) is 14.2 Å². The largest absolute Gasteiger partial charge is 0.394 e. The van der Waals surface area contributed by atoms with Crippen LogP contribution in [0.5, 0.6) is 0 Å². The van der Waals surface area contributed by atoms with Crippen LogP contribution in [0, 0.1) is 0 Å². The van der Waals surface area contributed by atoms with Gasteiger partial charge >= 0.3 is 0 Å². The van der Waals surface area contributed by atoms with Crippen molar-refractivity contribution in [3.63, 3.8) is 0 Å². The van der Waals surface area contributed by atoms with Gasteiger partial charge in [0, 0.05) is 5.56 Å². The predicted molar refractivity (Wildman–Crippen MR) is 105 cm³/mol. The highest BCUT2D eigenvalue weighted by Crippen LogP contribution is 2.43. The first-order chi connectivity index (χ1) is 14.5. The molecule has 10 heteroatoms. The van der Waals surface area contributed by atoms with Gasteiger partial charge in [-0.25, -0.2) is 15.0 Å². The zero-order chi connectivity index (χ0) is 20.9. The van der Waals surface area contributed by atoms with Crippen molar-refractivity contribution in [2.45, 2.75) is 44.2 Å². The van der Waals surface area contributed by atoms with Gasteiger partial charge < -0.3 is 24.6 Å². The van der Waals surface area contributed by atoms with Gasteiger partial charge in [0.15, 0.2) is 29.0 Å². The molecule has 1 amide bonds. The number of fused-ring (bicyclic) bond motifs is 2. The molecule has 0 aliphatic carbocycles. The molecular formula is C20H21N5O5. The fourth-order valence-electron chi connectivity index (χ4n) is 3.93. The summed E-state index contributed by atoms with van der Waals surface area (Å²) in [5.41, 5.74) is 1.41. The van der Waals surface area contributed by atoms with E-state index >= 15 is 0 Å². The Hall–Kier alpha value is -2.92. The Morgan fingerprint density at radius 3 is 2.70 bits per heavy atom. The zero-order valence-electron chi connectivity index (χ0n) is 16.4. The highest BCUT2D eigenvalue weighted by molar-refractivity contribution is 6.06. The minimum atomic E-state index is -0.787. The molecule has 3 aromatic rings. The van der Waals surface area contributed by atoms with Crippen LogP contribution in [0.1, 0.15) is 30.4 Å². The third kappa shape index (κ3) is 3.14. The molecule has 30 heavy (non-hydrogen) atoms. The number of nitrogens with one attached hydrogen (secondary N) is 1. The molecule has 2 aliphatic rings. The lowest BCUT2D eigenvalue weighted by Crippen LogP contribution is -2.31. The van der Waals surface area contributed by atoms with E-state index in [0.717, 1.165) is 0 Å². The predicted octanol–water partition coefficient (Wildman–Crippen LogP) is 1.49. The lowest BCUT2D eigenvalue weighted by Gasteiger charge is -2.24. The standard InChI is InChI=1S/C20H21N5O5/c1-20(2)29-14-12(8-26)28-19(15(14)30-20)25-10-23-13-16(21-9-22-17(13)25)24-18(27)11-6-4-3-5-7-11/h3-7,9-10,12,14-15,19,26H,8H2,1-2H3,(H,21,22,24,27)/t12-,14-,15-,19?/m1/s1. The molecule has 2 saturated heterocycles. The lowest BCUT2D eigenvalue weighted by molar-refractivity contribution is -0.199. The summed E-state index contributed by atoms with van der Waals surface area (Å²) in [7, 11) is 0. The van der Waals surface area contributed by atoms with Crippen LogP contribution in [0.4, 0.5) is 5.82 Å². The van der Waals surface area contributed by atoms with Gasteiger partial charge in [-0.3, -0.25) is 9.36 Å². The van der Waals surface area contributed by atoms with Gasteiger partial charge in [0.25, 0.3) is 5.91 Å². The van der Waals surface area contributed by atoms with Crippen molar-refractivity contribution >= 4 is 22.9 Å². The number of aromatic nitrogens is 4. The normalized spacial score (nSPS) is 27.3. The number of carbonyl (C=O) groups is 1. The van der Waals surface area contributed by atoms with Gasteiger partial charge in [-0.1, -0.05) is 18.2 Å². The maximum atomic E-state index is 12.5. The molecule has 2 aromatic heterocycles. The number of amides is 1. The van der Waals surface area contributed by atoms with Crippen molar-refractivity contribution < 1.29 is 24.1 Å². The van der Waals surface area contributed by atoms with Crippen LogP contribution < -0.4 is 5.32 Å². The van der Waals surface area contributed by atoms with E-state index in [9.17, 15) is 9.90 Å². The van der Waals surface area contributed by atoms with Crippen molar-refractivity contribution in [1.82, 2.24) is 19.5 Å². The average molecular weight is 411 g/mol. The van der Waals surface area contributed by atoms with Gasteiger partial charge in [-0.05, 0) is 26.0 Å². The van der Waals surface area contributed by atoms with E-state index in [1.54, 1.807) is 35.2 Å². The molecule has 4 heterocycles. The number of hydrogen-bond donors (Lipinski definition) is 2. The van der Waals surface area contributed by atoms with Crippen LogP contribution in [0.25, 0.3) is 11.2 Å². The van der Waals surface area contributed by atoms with Crippen LogP contribution in [0.15, 0.2) is 43.0 Å². The van der Waals surface area contributed by atoms with E-state index in [-0.39, 0.29) is 12.5 Å². The van der Waals surface area contributed by atoms with Gasteiger partial charge in [0.2, 0.25) is 0 Å². The minimum Gasteiger partial charge on any atom is -0.394 e. The van der Waals surface area contributed by atoms with E-state index in [2.05, 4.69) is 20.3 Å². The Morgan fingerprint density at radius 1 is 1.17 bits per heavy atom. The lowest BCUT2D eigenvalue weighted by atomic mass is 10.1. The molecule has 2 N–H and O–H groups in total. The Bertz CT molecular complexity index is 1090. The second-order valence-electron chi connectivity index (χ2n) is 7.68. The number of ether oxygens (including phenoxy) is 3. The van der Waals surface area contributed by atoms with E-state index in [1.165, 1.54) is 6.33 Å². The third-order valence-electron chi connectivity index (χ3n) is 5.21. The smallest absolute Gasteiger partial charge is 0.256 e. The number of benzene rings is 1. The van der Waals surface area contributed by atoms with E-state index in [0.29, 0.717) is 22.5 Å². The van der Waals surface area contributed by atoms with Crippen LogP contribution in [0.2, 0.25) is 0 Å². The number of carbonyl (C=O) groups excluding carboxylic acids is 1. The fourth-order valence-corrected chi connectivity index (χ4v) is 3.93. The molecule has 2 fully saturated rings. The highest BCUT2D eigenvalue weighted by Gasteiger charge is 2.56. The minimum absolute atomic E-state index is 0.197. The number of anilines is 1. The zero-order valence-corrected chi connectivity index (χ0v) is 16.4. The van der Waals surface area contributed by atoms with Crippen LogP contribution in [0.3, 0.4) is 0 Å². The van der Waals surface area contributed by atoms with Crippen molar-refractivity contribution in [3.8, 4) is 0 Å². The summed E-state index contributed by atoms with van der Waals surface area (Å²) in [5, 5.41) is 12.5. The molecule has 0 bridgehead atoms. The summed E-state index contributed by atoms with van der Waals surface area (Å²) in [6, 6.07) is 8.84. The third-order valence-corrected chi connectivity index (χ3v) is 5.21. The first kappa shape index (κ1) is 19.1. The monoisotopic (exact) mass is 411 g/mol. The Balaban J connectivity index is 1.47. The molecule has 1 unspecified atom stereocenters. The summed E-state index contributed by atoms with van der Waals surface area (Å²) in [6.07, 6.45) is 0.948. The van der Waals surface area contributed by atoms with Crippen molar-refractivity contribution in [2.75, 3.05) is 11.9 Å². The Morgan fingerprint density at radius 2 is 1.93 bits per heavy atom. The molecule has 0 saturated carbocycles. The molecule has 156 valence electrons. The number of hydrogen-bond acceptors (Lipinski definition) is 8. The second-order valence-corrected chi connectivity index (χ2v) is 7.68. The molecule has 0 radical (unpaired) electrons. The summed E-state index contributed by atoms with van der Waals surface area (Å²) >= 11 is 0. The average Bonchev–Trinajstić information content (AvgIpc) is 3.39. The number of aliphatic hydroxyl groups excluding tert-OH is 1. The molecule has 0 spiro atoms. The van der Waals surface area contributed by atoms with E-state index < -0.39 is 30.3 Å². The molecule has 2 aliphatic heterocycles. The van der Waals surface area contributed by atoms with Gasteiger partial charge in [0.1, 0.15) is 24.6 Å². The van der Waals surface area contributed by atoms with Gasteiger partial charge in [0.05, 0.1) is 12.9 Å². The quantitative estimate of drug-likeness (QED) is 0.662. The Labute approximate surface area is 171 Å². The fraction of sp³-hybridized carbons (Fsp3) is 0.400. The molecular weight excluding hydrogens is 390 g/mol. The number of nitrogens with zero attached hydrogens (tertiary/aromatic N) is 4. The first-order valence-electron chi connectivity index (χ1n) is 9.63. The van der Waals surface area contributed by atoms with E-state index in [1.807, 2.05) is 19.9 Å². The van der Waals surface area contributed by atoms with Crippen molar-refractivity contribution in [3.05, 3.63) is 48.5 Å². The number of imidazole rings is 1. The number of aliphatic hydroxyl groups is 1. The number of rotatable bonds is 4. The molecule has 4 atom stereocenters. The van der Waals surface area contributed by atoms with E-state index in [4.69, 9.17) is 14.2 Å². The second kappa shape index (κ2) is 7.10. The van der Waals surface area contributed by atoms with Crippen molar-refractivity contribution in [2.24, 2.45) is 0 Å². The highest BCUT2D eigenvalue weighted by atomic mass is 16.8. The van der Waals surface area contributed by atoms with Crippen molar-refractivity contribution in [1.29, 1.82) is 0 Å². The van der Waals surface area contributed by atoms with Crippen LogP contribution >= 0.6 is 0 Å². The topological polar surface area (TPSA) is 121 Å². The van der Waals surface area contributed by atoms with Gasteiger partial charge in [-0.2, -0.15) is 0 Å². The first-order valence-corrected chi connectivity index (χ1v) is 9.63. The Kier molecular flexibility index (Phi) is 4.51. The molecule has 5 rings (SSSR count). The molecule has 1 aromatic carbocycles. The summed E-state index contributed by atoms with van der Waals surface area (Å²) in [4.78, 5) is 25.4. The summed E-state index contributed by atoms with van der Waals surface area (Å²) in [6.45, 7) is 3.45. The SMILES string of the molecule is CC1(C)O[C@@H]2[C@@H](CO)OC(n3cnc4c(NC(=O)c5ccccc5)ncnc43)[C@@H]2O1.